The van der Waals surface area contributed by atoms with Crippen LogP contribution in [0.4, 0.5) is 11.6 Å². The smallest absolute Gasteiger partial charge is 0.180 e. The Morgan fingerprint density at radius 2 is 2.47 bits per heavy atom. The zero-order valence-electron chi connectivity index (χ0n) is 10.4. The maximum atomic E-state index is 9.20. The van der Waals surface area contributed by atoms with Crippen LogP contribution >= 0.6 is 0 Å². The van der Waals surface area contributed by atoms with Crippen LogP contribution in [0.3, 0.4) is 0 Å². The van der Waals surface area contributed by atoms with Crippen LogP contribution in [0.2, 0.25) is 0 Å². The second-order valence-corrected chi connectivity index (χ2v) is 4.37. The summed E-state index contributed by atoms with van der Waals surface area (Å²) in [5.74, 6) is 6.73. The Balaban J connectivity index is 2.00. The quantitative estimate of drug-likeness (QED) is 0.493. The van der Waals surface area contributed by atoms with Crippen LogP contribution < -0.4 is 16.2 Å². The van der Waals surface area contributed by atoms with E-state index < -0.39 is 0 Å². The molecule has 4 N–H and O–H groups in total. The van der Waals surface area contributed by atoms with Gasteiger partial charge >= 0.3 is 0 Å². The fourth-order valence-electron chi connectivity index (χ4n) is 2.22. The number of fused-ring (bicyclic) bond motifs is 1. The fraction of sp³-hybridized carbons (Fsp3) is 0.455. The number of nitrogen functional groups attached to an aromatic ring is 1. The number of ether oxygens (including phenoxy) is 1. The minimum atomic E-state index is -0.194. The van der Waals surface area contributed by atoms with Gasteiger partial charge in [0.25, 0.3) is 0 Å². The molecule has 1 atom stereocenters. The van der Waals surface area contributed by atoms with Crippen molar-refractivity contribution in [3.8, 4) is 0 Å². The zero-order chi connectivity index (χ0) is 13.2. The Kier molecular flexibility index (Phi) is 3.20. The first-order chi connectivity index (χ1) is 9.31. The molecule has 0 saturated carbocycles. The van der Waals surface area contributed by atoms with E-state index in [4.69, 9.17) is 10.6 Å². The molecule has 3 rings (SSSR count). The van der Waals surface area contributed by atoms with Gasteiger partial charge in [0.2, 0.25) is 0 Å². The summed E-state index contributed by atoms with van der Waals surface area (Å²) in [6.07, 6.45) is 5.13. The van der Waals surface area contributed by atoms with Gasteiger partial charge in [-0.15, -0.1) is 0 Å². The molecular weight excluding hydrogens is 248 g/mol. The van der Waals surface area contributed by atoms with Crippen molar-refractivity contribution >= 4 is 17.3 Å². The molecule has 0 amide bonds. The number of anilines is 2. The van der Waals surface area contributed by atoms with Gasteiger partial charge in [-0.05, 0) is 0 Å². The molecule has 8 heteroatoms. The molecule has 2 aromatic heterocycles. The van der Waals surface area contributed by atoms with Crippen molar-refractivity contribution in [3.63, 3.8) is 0 Å². The number of nitrogens with two attached hydrogens (primary N) is 1. The molecule has 2 aromatic rings. The second kappa shape index (κ2) is 5.00. The summed E-state index contributed by atoms with van der Waals surface area (Å²) < 4.78 is 7.30. The minimum Gasteiger partial charge on any atom is -0.394 e. The van der Waals surface area contributed by atoms with Gasteiger partial charge in [-0.3, -0.25) is 0 Å². The van der Waals surface area contributed by atoms with Crippen molar-refractivity contribution in [2.24, 2.45) is 5.84 Å². The number of morpholine rings is 1. The van der Waals surface area contributed by atoms with Crippen molar-refractivity contribution in [1.29, 1.82) is 0 Å². The largest absolute Gasteiger partial charge is 0.394 e. The van der Waals surface area contributed by atoms with Crippen molar-refractivity contribution in [2.45, 2.75) is 6.10 Å². The lowest BCUT2D eigenvalue weighted by Gasteiger charge is -2.33. The van der Waals surface area contributed by atoms with E-state index in [0.29, 0.717) is 25.5 Å². The molecule has 19 heavy (non-hydrogen) atoms. The highest BCUT2D eigenvalue weighted by atomic mass is 16.5. The van der Waals surface area contributed by atoms with Gasteiger partial charge in [-0.1, -0.05) is 0 Å². The Hall–Kier alpha value is -1.90. The van der Waals surface area contributed by atoms with Gasteiger partial charge in [0, 0.05) is 25.5 Å². The Labute approximate surface area is 109 Å². The van der Waals surface area contributed by atoms with E-state index in [2.05, 4.69) is 15.4 Å². The van der Waals surface area contributed by atoms with Crippen molar-refractivity contribution in [2.75, 3.05) is 36.6 Å². The van der Waals surface area contributed by atoms with Crippen LogP contribution in [0.1, 0.15) is 0 Å². The fourth-order valence-corrected chi connectivity index (χ4v) is 2.22. The predicted molar refractivity (Wildman–Crippen MR) is 69.8 cm³/mol. The molecule has 1 saturated heterocycles. The third kappa shape index (κ3) is 2.21. The molecule has 102 valence electrons. The Morgan fingerprint density at radius 1 is 1.58 bits per heavy atom. The number of aromatic nitrogens is 3. The van der Waals surface area contributed by atoms with Crippen LogP contribution in [-0.4, -0.2) is 51.9 Å². The first-order valence-corrected chi connectivity index (χ1v) is 6.09. The van der Waals surface area contributed by atoms with Crippen molar-refractivity contribution < 1.29 is 9.84 Å². The maximum Gasteiger partial charge on any atom is 0.180 e. The Morgan fingerprint density at radius 3 is 3.26 bits per heavy atom. The number of hydrogen-bond acceptors (Lipinski definition) is 7. The Bertz CT molecular complexity index is 571. The van der Waals surface area contributed by atoms with E-state index in [0.717, 1.165) is 11.5 Å². The van der Waals surface area contributed by atoms with E-state index in [1.165, 1.54) is 0 Å². The average Bonchev–Trinajstić information content (AvgIpc) is 2.94. The normalized spacial score (nSPS) is 19.9. The monoisotopic (exact) mass is 264 g/mol. The molecule has 1 unspecified atom stereocenters. The van der Waals surface area contributed by atoms with Gasteiger partial charge < -0.3 is 24.6 Å². The molecule has 1 aliphatic rings. The summed E-state index contributed by atoms with van der Waals surface area (Å²) in [7, 11) is 0. The summed E-state index contributed by atoms with van der Waals surface area (Å²) in [4.78, 5) is 10.8. The van der Waals surface area contributed by atoms with E-state index in [1.807, 2.05) is 15.5 Å². The summed E-state index contributed by atoms with van der Waals surface area (Å²) in [6.45, 7) is 1.84. The highest BCUT2D eigenvalue weighted by Gasteiger charge is 2.23. The molecule has 0 aliphatic carbocycles. The molecule has 8 nitrogen and oxygen atoms in total. The first-order valence-electron chi connectivity index (χ1n) is 6.09. The van der Waals surface area contributed by atoms with Gasteiger partial charge in [-0.2, -0.15) is 0 Å². The molecule has 0 spiro atoms. The number of aliphatic hydroxyl groups is 1. The number of nitrogens with one attached hydrogen (secondary N) is 1. The number of rotatable bonds is 3. The number of imidazole rings is 1. The average molecular weight is 264 g/mol. The third-order valence-electron chi connectivity index (χ3n) is 3.15. The number of aliphatic hydroxyl groups excluding tert-OH is 1. The van der Waals surface area contributed by atoms with E-state index in [9.17, 15) is 5.11 Å². The van der Waals surface area contributed by atoms with Crippen LogP contribution in [0.5, 0.6) is 0 Å². The molecule has 0 radical (unpaired) electrons. The minimum absolute atomic E-state index is 0.00391. The number of nitrogens with zero attached hydrogens (tertiary/aromatic N) is 4. The summed E-state index contributed by atoms with van der Waals surface area (Å²) in [5, 5.41) is 9.20. The van der Waals surface area contributed by atoms with E-state index >= 15 is 0 Å². The zero-order valence-corrected chi connectivity index (χ0v) is 10.4. The second-order valence-electron chi connectivity index (χ2n) is 4.37. The lowest BCUT2D eigenvalue weighted by Crippen LogP contribution is -2.44. The van der Waals surface area contributed by atoms with Crippen molar-refractivity contribution in [3.05, 3.63) is 18.6 Å². The molecule has 1 fully saturated rings. The van der Waals surface area contributed by atoms with Gasteiger partial charge in [0.1, 0.15) is 0 Å². The standard InChI is InChI=1S/C11H16N6O2/c12-15-9-6-16-2-1-13-10(16)11(14-9)17-3-4-19-8(5-17)7-18/h1-2,6,8,15,18H,3-5,7,12H2. The number of hydrogen-bond donors (Lipinski definition) is 3. The highest BCUT2D eigenvalue weighted by Crippen LogP contribution is 2.22. The topological polar surface area (TPSA) is 101 Å². The third-order valence-corrected chi connectivity index (χ3v) is 3.15. The van der Waals surface area contributed by atoms with Crippen LogP contribution in [-0.2, 0) is 4.74 Å². The molecule has 0 bridgehead atoms. The van der Waals surface area contributed by atoms with Crippen LogP contribution in [0.25, 0.3) is 5.65 Å². The predicted octanol–water partition coefficient (Wildman–Crippen LogP) is -0.788. The lowest BCUT2D eigenvalue weighted by molar-refractivity contribution is 0.00342. The van der Waals surface area contributed by atoms with Crippen molar-refractivity contribution in [1.82, 2.24) is 14.4 Å². The van der Waals surface area contributed by atoms with Gasteiger partial charge in [0.15, 0.2) is 17.3 Å². The molecule has 1 aliphatic heterocycles. The molecule has 0 aromatic carbocycles. The lowest BCUT2D eigenvalue weighted by atomic mass is 10.3. The molecule has 3 heterocycles. The van der Waals surface area contributed by atoms with E-state index in [-0.39, 0.29) is 12.7 Å². The summed E-state index contributed by atoms with van der Waals surface area (Å²) >= 11 is 0. The highest BCUT2D eigenvalue weighted by molar-refractivity contribution is 5.66. The molecular formula is C11H16N6O2. The SMILES string of the molecule is NNc1cn2ccnc2c(N2CCOC(CO)C2)n1. The maximum absolute atomic E-state index is 9.20. The summed E-state index contributed by atoms with van der Waals surface area (Å²) in [6, 6.07) is 0. The van der Waals surface area contributed by atoms with Crippen LogP contribution in [0, 0.1) is 0 Å². The number of hydrazine groups is 1. The van der Waals surface area contributed by atoms with Gasteiger partial charge in [0.05, 0.1) is 25.5 Å². The van der Waals surface area contributed by atoms with E-state index in [1.54, 1.807) is 12.4 Å². The van der Waals surface area contributed by atoms with Crippen LogP contribution in [0.15, 0.2) is 18.6 Å². The first kappa shape index (κ1) is 12.2. The summed E-state index contributed by atoms with van der Waals surface area (Å²) in [5.41, 5.74) is 3.31. The van der Waals surface area contributed by atoms with Gasteiger partial charge in [-0.25, -0.2) is 15.8 Å².